The zero-order valence-corrected chi connectivity index (χ0v) is 13.0. The number of carbonyl (C=O) groups is 2. The number of hydrogen-bond acceptors (Lipinski definition) is 2. The molecule has 1 aromatic rings. The maximum atomic E-state index is 11.8. The molecule has 0 atom stereocenters. The molecule has 0 aliphatic rings. The number of aryl methyl sites for hydroxylation is 1. The molecule has 1 aromatic carbocycles. The second-order valence-electron chi connectivity index (χ2n) is 4.86. The molecule has 0 saturated heterocycles. The molecule has 1 rings (SSSR count). The lowest BCUT2D eigenvalue weighted by molar-refractivity contribution is -0.133. The van der Waals surface area contributed by atoms with Gasteiger partial charge in [-0.15, -0.1) is 0 Å². The Morgan fingerprint density at radius 1 is 1.35 bits per heavy atom. The van der Waals surface area contributed by atoms with E-state index in [1.54, 1.807) is 24.1 Å². The minimum Gasteiger partial charge on any atom is -0.345 e. The number of nitrogens with one attached hydrogen (secondary N) is 1. The molecule has 2 amide bonds. The highest BCUT2D eigenvalue weighted by Gasteiger charge is 2.13. The second-order valence-corrected chi connectivity index (χ2v) is 5.26. The summed E-state index contributed by atoms with van der Waals surface area (Å²) in [6, 6.07) is 5.28. The third kappa shape index (κ3) is 5.21. The van der Waals surface area contributed by atoms with Crippen LogP contribution in [-0.2, 0) is 9.59 Å². The Balaban J connectivity index is 2.50. The summed E-state index contributed by atoms with van der Waals surface area (Å²) in [5, 5.41) is 3.27. The van der Waals surface area contributed by atoms with E-state index in [0.29, 0.717) is 17.3 Å². The van der Waals surface area contributed by atoms with E-state index < -0.39 is 0 Å². The van der Waals surface area contributed by atoms with Crippen LogP contribution in [0, 0.1) is 6.92 Å². The van der Waals surface area contributed by atoms with Gasteiger partial charge in [-0.2, -0.15) is 0 Å². The van der Waals surface area contributed by atoms with Crippen LogP contribution in [0.25, 0.3) is 0 Å². The first kappa shape index (κ1) is 16.5. The highest BCUT2D eigenvalue weighted by molar-refractivity contribution is 6.31. The largest absolute Gasteiger partial charge is 0.345 e. The number of hydrogen-bond donors (Lipinski definition) is 1. The average Bonchev–Trinajstić information content (AvgIpc) is 2.40. The van der Waals surface area contributed by atoms with E-state index >= 15 is 0 Å². The molecule has 5 heteroatoms. The van der Waals surface area contributed by atoms with Crippen molar-refractivity contribution in [2.75, 3.05) is 18.9 Å². The number of unbranched alkanes of at least 4 members (excludes halogenated alkanes) is 1. The normalized spacial score (nSPS) is 10.2. The number of halogens is 1. The first-order valence-corrected chi connectivity index (χ1v) is 7.11. The van der Waals surface area contributed by atoms with Crippen LogP contribution in [0.15, 0.2) is 18.2 Å². The van der Waals surface area contributed by atoms with Crippen molar-refractivity contribution in [2.24, 2.45) is 0 Å². The van der Waals surface area contributed by atoms with Gasteiger partial charge in [0.15, 0.2) is 0 Å². The summed E-state index contributed by atoms with van der Waals surface area (Å²) in [5.41, 5.74) is 1.55. The molecule has 0 aliphatic carbocycles. The van der Waals surface area contributed by atoms with Crippen LogP contribution in [0.3, 0.4) is 0 Å². The van der Waals surface area contributed by atoms with Gasteiger partial charge in [0.05, 0.1) is 0 Å². The van der Waals surface area contributed by atoms with Gasteiger partial charge in [0.25, 0.3) is 0 Å². The molecule has 0 saturated carbocycles. The van der Waals surface area contributed by atoms with Crippen LogP contribution < -0.4 is 5.32 Å². The van der Waals surface area contributed by atoms with Crippen LogP contribution in [0.5, 0.6) is 0 Å². The van der Waals surface area contributed by atoms with Gasteiger partial charge in [0.2, 0.25) is 11.8 Å². The zero-order valence-electron chi connectivity index (χ0n) is 12.2. The van der Waals surface area contributed by atoms with Crippen LogP contribution in [0.4, 0.5) is 5.69 Å². The van der Waals surface area contributed by atoms with Gasteiger partial charge in [-0.3, -0.25) is 9.59 Å². The predicted molar refractivity (Wildman–Crippen MR) is 82.0 cm³/mol. The summed E-state index contributed by atoms with van der Waals surface area (Å²) >= 11 is 5.98. The van der Waals surface area contributed by atoms with Gasteiger partial charge in [0, 0.05) is 24.3 Å². The molecule has 20 heavy (non-hydrogen) atoms. The molecule has 0 aromatic heterocycles. The molecule has 0 unspecified atom stereocenters. The van der Waals surface area contributed by atoms with Crippen molar-refractivity contribution in [1.29, 1.82) is 0 Å². The molecule has 0 heterocycles. The highest BCUT2D eigenvalue weighted by Crippen LogP contribution is 2.20. The van der Waals surface area contributed by atoms with Crippen LogP contribution in [0.1, 0.15) is 31.7 Å². The van der Waals surface area contributed by atoms with E-state index in [4.69, 9.17) is 11.6 Å². The number of anilines is 1. The minimum atomic E-state index is -0.321. The van der Waals surface area contributed by atoms with Crippen molar-refractivity contribution in [3.8, 4) is 0 Å². The van der Waals surface area contributed by atoms with Gasteiger partial charge in [0.1, 0.15) is 6.42 Å². The van der Waals surface area contributed by atoms with E-state index in [0.717, 1.165) is 18.4 Å². The molecule has 0 bridgehead atoms. The maximum Gasteiger partial charge on any atom is 0.233 e. The number of carbonyl (C=O) groups excluding carboxylic acids is 2. The molecule has 1 N–H and O–H groups in total. The Morgan fingerprint density at radius 3 is 2.65 bits per heavy atom. The number of benzene rings is 1. The quantitative estimate of drug-likeness (QED) is 0.819. The third-order valence-corrected chi connectivity index (χ3v) is 3.45. The van der Waals surface area contributed by atoms with Crippen molar-refractivity contribution >= 4 is 29.1 Å². The lowest BCUT2D eigenvalue weighted by Gasteiger charge is -2.16. The van der Waals surface area contributed by atoms with Gasteiger partial charge < -0.3 is 10.2 Å². The monoisotopic (exact) mass is 296 g/mol. The van der Waals surface area contributed by atoms with Crippen molar-refractivity contribution in [3.05, 3.63) is 28.8 Å². The van der Waals surface area contributed by atoms with E-state index in [1.807, 2.05) is 13.0 Å². The first-order valence-electron chi connectivity index (χ1n) is 6.74. The molecule has 0 spiro atoms. The summed E-state index contributed by atoms with van der Waals surface area (Å²) < 4.78 is 0. The molecule has 0 fully saturated rings. The topological polar surface area (TPSA) is 49.4 Å². The molecule has 0 aliphatic heterocycles. The Kier molecular flexibility index (Phi) is 6.52. The SMILES string of the molecule is CCCCN(C)C(=O)CC(=O)Nc1ccc(C)c(Cl)c1. The van der Waals surface area contributed by atoms with Crippen LogP contribution in [0.2, 0.25) is 5.02 Å². The standard InChI is InChI=1S/C15H21ClN2O2/c1-4-5-8-18(3)15(20)10-14(19)17-12-7-6-11(2)13(16)9-12/h6-7,9H,4-5,8,10H2,1-3H3,(H,17,19). The lowest BCUT2D eigenvalue weighted by Crippen LogP contribution is -2.31. The number of amides is 2. The van der Waals surface area contributed by atoms with Gasteiger partial charge >= 0.3 is 0 Å². The fourth-order valence-electron chi connectivity index (χ4n) is 1.67. The second kappa shape index (κ2) is 7.90. The van der Waals surface area contributed by atoms with Crippen molar-refractivity contribution < 1.29 is 9.59 Å². The average molecular weight is 297 g/mol. The summed E-state index contributed by atoms with van der Waals surface area (Å²) in [6.45, 7) is 4.63. The summed E-state index contributed by atoms with van der Waals surface area (Å²) in [4.78, 5) is 25.2. The Hall–Kier alpha value is -1.55. The van der Waals surface area contributed by atoms with Crippen LogP contribution in [-0.4, -0.2) is 30.3 Å². The van der Waals surface area contributed by atoms with Crippen molar-refractivity contribution in [2.45, 2.75) is 33.1 Å². The van der Waals surface area contributed by atoms with E-state index in [2.05, 4.69) is 12.2 Å². The maximum absolute atomic E-state index is 11.8. The number of nitrogens with zero attached hydrogens (tertiary/aromatic N) is 1. The molecule has 4 nitrogen and oxygen atoms in total. The van der Waals surface area contributed by atoms with Gasteiger partial charge in [-0.05, 0) is 31.0 Å². The summed E-state index contributed by atoms with van der Waals surface area (Å²) in [5.74, 6) is -0.493. The predicted octanol–water partition coefficient (Wildman–Crippen LogP) is 3.24. The smallest absolute Gasteiger partial charge is 0.233 e. The number of rotatable bonds is 6. The van der Waals surface area contributed by atoms with E-state index in [1.165, 1.54) is 0 Å². The highest BCUT2D eigenvalue weighted by atomic mass is 35.5. The first-order chi connectivity index (χ1) is 9.43. The molecular weight excluding hydrogens is 276 g/mol. The molecule has 0 radical (unpaired) electrons. The molecular formula is C15H21ClN2O2. The Labute approximate surface area is 125 Å². The van der Waals surface area contributed by atoms with Crippen molar-refractivity contribution in [1.82, 2.24) is 4.90 Å². The minimum absolute atomic E-state index is 0.147. The van der Waals surface area contributed by atoms with E-state index in [9.17, 15) is 9.59 Å². The Bertz CT molecular complexity index is 489. The lowest BCUT2D eigenvalue weighted by atomic mass is 10.2. The van der Waals surface area contributed by atoms with Crippen LogP contribution >= 0.6 is 11.6 Å². The summed E-state index contributed by atoms with van der Waals surface area (Å²) in [6.07, 6.45) is 1.81. The van der Waals surface area contributed by atoms with Gasteiger partial charge in [-0.1, -0.05) is 31.0 Å². The summed E-state index contributed by atoms with van der Waals surface area (Å²) in [7, 11) is 1.72. The zero-order chi connectivity index (χ0) is 15.1. The fraction of sp³-hybridized carbons (Fsp3) is 0.467. The third-order valence-electron chi connectivity index (χ3n) is 3.04. The molecule has 110 valence electrons. The Morgan fingerprint density at radius 2 is 2.05 bits per heavy atom. The van der Waals surface area contributed by atoms with E-state index in [-0.39, 0.29) is 18.2 Å². The van der Waals surface area contributed by atoms with Crippen molar-refractivity contribution in [3.63, 3.8) is 0 Å². The van der Waals surface area contributed by atoms with Gasteiger partial charge in [-0.25, -0.2) is 0 Å². The fourth-order valence-corrected chi connectivity index (χ4v) is 1.85.